The smallest absolute Gasteiger partial charge is 0.259 e. The van der Waals surface area contributed by atoms with E-state index >= 15 is 0 Å². The molecular weight excluding hydrogens is 456 g/mol. The molecule has 1 unspecified atom stereocenters. The van der Waals surface area contributed by atoms with E-state index in [-0.39, 0.29) is 23.3 Å². The van der Waals surface area contributed by atoms with Crippen molar-refractivity contribution in [3.63, 3.8) is 0 Å². The summed E-state index contributed by atoms with van der Waals surface area (Å²) in [6, 6.07) is 5.73. The molecule has 8 nitrogen and oxygen atoms in total. The lowest BCUT2D eigenvalue weighted by Crippen LogP contribution is -2.40. The summed E-state index contributed by atoms with van der Waals surface area (Å²) in [4.78, 5) is 45.9. The Balaban J connectivity index is 1.55. The average molecular weight is 495 g/mol. The van der Waals surface area contributed by atoms with Crippen LogP contribution in [-0.2, 0) is 17.7 Å². The van der Waals surface area contributed by atoms with Gasteiger partial charge in [-0.15, -0.1) is 0 Å². The minimum atomic E-state index is -0.517. The second-order valence-electron chi connectivity index (χ2n) is 10.1. The molecule has 8 heteroatoms. The molecule has 36 heavy (non-hydrogen) atoms. The number of hydrogen-bond donors (Lipinski definition) is 1. The highest BCUT2D eigenvalue weighted by atomic mass is 16.5. The first-order chi connectivity index (χ1) is 17.5. The maximum absolute atomic E-state index is 13.4. The summed E-state index contributed by atoms with van der Waals surface area (Å²) < 4.78 is 7.55. The Bertz CT molecular complexity index is 1070. The Morgan fingerprint density at radius 3 is 2.50 bits per heavy atom. The Morgan fingerprint density at radius 2 is 1.81 bits per heavy atom. The molecule has 0 aromatic carbocycles. The number of ether oxygens (including phenoxy) is 1. The van der Waals surface area contributed by atoms with Crippen LogP contribution in [0, 0.1) is 0 Å². The van der Waals surface area contributed by atoms with Gasteiger partial charge in [0, 0.05) is 63.5 Å². The zero-order valence-electron chi connectivity index (χ0n) is 21.3. The fourth-order valence-corrected chi connectivity index (χ4v) is 5.07. The molecule has 0 bridgehead atoms. The molecule has 2 amide bonds. The normalized spacial score (nSPS) is 18.9. The fourth-order valence-electron chi connectivity index (χ4n) is 5.07. The van der Waals surface area contributed by atoms with Gasteiger partial charge in [-0.1, -0.05) is 38.2 Å². The van der Waals surface area contributed by atoms with Crippen molar-refractivity contribution in [3.8, 4) is 0 Å². The topological polar surface area (TPSA) is 93.5 Å². The van der Waals surface area contributed by atoms with E-state index in [4.69, 9.17) is 4.74 Å². The predicted molar refractivity (Wildman–Crippen MR) is 138 cm³/mol. The number of pyridine rings is 2. The highest BCUT2D eigenvalue weighted by Crippen LogP contribution is 2.18. The van der Waals surface area contributed by atoms with E-state index in [0.717, 1.165) is 44.2 Å². The Hall–Kier alpha value is -3.00. The fraction of sp³-hybridized carbons (Fsp3) is 0.571. The monoisotopic (exact) mass is 494 g/mol. The lowest BCUT2D eigenvalue weighted by Gasteiger charge is -2.22. The molecule has 2 fully saturated rings. The van der Waals surface area contributed by atoms with Crippen LogP contribution >= 0.6 is 0 Å². The van der Waals surface area contributed by atoms with Gasteiger partial charge in [0.05, 0.1) is 6.10 Å². The van der Waals surface area contributed by atoms with E-state index in [9.17, 15) is 14.4 Å². The molecule has 194 valence electrons. The molecule has 3 heterocycles. The van der Waals surface area contributed by atoms with Gasteiger partial charge in [0.25, 0.3) is 11.8 Å². The van der Waals surface area contributed by atoms with Crippen molar-refractivity contribution in [3.05, 3.63) is 63.8 Å². The van der Waals surface area contributed by atoms with E-state index in [1.165, 1.54) is 24.2 Å². The maximum atomic E-state index is 13.4. The summed E-state index contributed by atoms with van der Waals surface area (Å²) in [7, 11) is 1.68. The molecule has 2 aliphatic rings. The molecule has 1 saturated carbocycles. The molecule has 1 aliphatic carbocycles. The highest BCUT2D eigenvalue weighted by Gasteiger charge is 2.25. The molecular formula is C28H38N4O4. The van der Waals surface area contributed by atoms with Crippen molar-refractivity contribution in [1.29, 1.82) is 0 Å². The van der Waals surface area contributed by atoms with Gasteiger partial charge in [0.15, 0.2) is 0 Å². The van der Waals surface area contributed by atoms with Crippen LogP contribution in [0.15, 0.2) is 41.6 Å². The molecule has 0 spiro atoms. The van der Waals surface area contributed by atoms with E-state index < -0.39 is 17.2 Å². The quantitative estimate of drug-likeness (QED) is 0.606. The lowest BCUT2D eigenvalue weighted by molar-refractivity contribution is 0.0790. The molecule has 0 radical (unpaired) electrons. The minimum Gasteiger partial charge on any atom is -0.376 e. The molecule has 1 saturated heterocycles. The van der Waals surface area contributed by atoms with Crippen molar-refractivity contribution in [1.82, 2.24) is 19.8 Å². The molecule has 4 rings (SSSR count). The van der Waals surface area contributed by atoms with Crippen LogP contribution in [0.5, 0.6) is 0 Å². The van der Waals surface area contributed by atoms with Crippen LogP contribution in [0.2, 0.25) is 0 Å². The van der Waals surface area contributed by atoms with Gasteiger partial charge in [-0.3, -0.25) is 19.4 Å². The van der Waals surface area contributed by atoms with E-state index in [2.05, 4.69) is 10.3 Å². The van der Waals surface area contributed by atoms with Gasteiger partial charge >= 0.3 is 0 Å². The lowest BCUT2D eigenvalue weighted by atomic mass is 9.96. The summed E-state index contributed by atoms with van der Waals surface area (Å²) in [6.45, 7) is 1.63. The van der Waals surface area contributed by atoms with Crippen LogP contribution in [0.25, 0.3) is 0 Å². The van der Waals surface area contributed by atoms with Gasteiger partial charge < -0.3 is 19.5 Å². The largest absolute Gasteiger partial charge is 0.376 e. The Labute approximate surface area is 213 Å². The molecule has 1 aliphatic heterocycles. The van der Waals surface area contributed by atoms with Crippen molar-refractivity contribution < 1.29 is 14.3 Å². The zero-order valence-corrected chi connectivity index (χ0v) is 21.3. The molecule has 1 N–H and O–H groups in total. The minimum absolute atomic E-state index is 0.0128. The van der Waals surface area contributed by atoms with Crippen molar-refractivity contribution in [2.45, 2.75) is 82.9 Å². The van der Waals surface area contributed by atoms with Crippen molar-refractivity contribution in [2.75, 3.05) is 20.2 Å². The summed E-state index contributed by atoms with van der Waals surface area (Å²) >= 11 is 0. The Morgan fingerprint density at radius 1 is 1.06 bits per heavy atom. The number of nitrogens with zero attached hydrogens (tertiary/aromatic N) is 3. The first kappa shape index (κ1) is 26.1. The number of likely N-dealkylation sites (N-methyl/N-ethyl adjacent to an activating group) is 1. The van der Waals surface area contributed by atoms with Gasteiger partial charge in [-0.2, -0.15) is 0 Å². The van der Waals surface area contributed by atoms with Crippen LogP contribution in [0.3, 0.4) is 0 Å². The second-order valence-corrected chi connectivity index (χ2v) is 10.1. The van der Waals surface area contributed by atoms with Crippen LogP contribution in [0.4, 0.5) is 0 Å². The number of rotatable bonds is 8. The van der Waals surface area contributed by atoms with Gasteiger partial charge in [-0.05, 0) is 37.8 Å². The maximum Gasteiger partial charge on any atom is 0.259 e. The zero-order chi connectivity index (χ0) is 25.3. The summed E-state index contributed by atoms with van der Waals surface area (Å²) in [5.41, 5.74) is 0.401. The van der Waals surface area contributed by atoms with E-state index in [1.54, 1.807) is 30.2 Å². The number of nitrogens with one attached hydrogen (secondary N) is 1. The Kier molecular flexibility index (Phi) is 9.28. The third kappa shape index (κ3) is 7.03. The summed E-state index contributed by atoms with van der Waals surface area (Å²) in [5.74, 6) is -0.782. The molecule has 1 atom stereocenters. The number of amides is 2. The third-order valence-electron chi connectivity index (χ3n) is 7.21. The van der Waals surface area contributed by atoms with Gasteiger partial charge in [0.2, 0.25) is 5.43 Å². The second kappa shape index (κ2) is 12.8. The third-order valence-corrected chi connectivity index (χ3v) is 7.21. The number of hydrogen-bond acceptors (Lipinski definition) is 5. The SMILES string of the molecule is CN(CCc1ccccn1)C(=O)c1cn(CC2CCCO2)cc(C(=O)NC2CCCCCCC2)c1=O. The molecule has 2 aromatic rings. The summed E-state index contributed by atoms with van der Waals surface area (Å²) in [6.07, 6.45) is 15.0. The first-order valence-corrected chi connectivity index (χ1v) is 13.3. The van der Waals surface area contributed by atoms with Crippen molar-refractivity contribution >= 4 is 11.8 Å². The number of aromatic nitrogens is 2. The first-order valence-electron chi connectivity index (χ1n) is 13.3. The van der Waals surface area contributed by atoms with Crippen LogP contribution in [-0.4, -0.2) is 58.6 Å². The van der Waals surface area contributed by atoms with E-state index in [1.807, 2.05) is 18.2 Å². The van der Waals surface area contributed by atoms with Crippen LogP contribution in [0.1, 0.15) is 84.2 Å². The van der Waals surface area contributed by atoms with Crippen LogP contribution < -0.4 is 10.7 Å². The van der Waals surface area contributed by atoms with Crippen molar-refractivity contribution in [2.24, 2.45) is 0 Å². The molecule has 2 aromatic heterocycles. The summed E-state index contributed by atoms with van der Waals surface area (Å²) in [5, 5.41) is 3.09. The van der Waals surface area contributed by atoms with Gasteiger partial charge in [-0.25, -0.2) is 0 Å². The standard InChI is InChI=1S/C28H38N4O4/c1-31(16-14-21-10-7-8-15-29-21)28(35)25-20-32(18-23-13-9-17-36-23)19-24(26(25)33)27(34)30-22-11-5-3-2-4-6-12-22/h7-8,10,15,19-20,22-23H,2-6,9,11-14,16-18H2,1H3,(H,30,34). The number of carbonyl (C=O) groups is 2. The average Bonchev–Trinajstić information content (AvgIpc) is 3.38. The number of carbonyl (C=O) groups excluding carboxylic acids is 2. The van der Waals surface area contributed by atoms with Gasteiger partial charge in [0.1, 0.15) is 11.1 Å². The highest BCUT2D eigenvalue weighted by molar-refractivity contribution is 5.99. The van der Waals surface area contributed by atoms with E-state index in [0.29, 0.717) is 26.1 Å². The predicted octanol–water partition coefficient (Wildman–Crippen LogP) is 3.58.